The summed E-state index contributed by atoms with van der Waals surface area (Å²) in [6, 6.07) is 2.11. The summed E-state index contributed by atoms with van der Waals surface area (Å²) >= 11 is 0. The molecule has 0 aromatic heterocycles. The first-order chi connectivity index (χ1) is 6.60. The fourth-order valence-electron chi connectivity index (χ4n) is 1.35. The van der Waals surface area contributed by atoms with Gasteiger partial charge in [0.15, 0.2) is 0 Å². The first-order valence-corrected chi connectivity index (χ1v) is 5.07. The Hall–Kier alpha value is -0.630. The van der Waals surface area contributed by atoms with Gasteiger partial charge in [-0.05, 0) is 5.92 Å². The molecule has 0 fully saturated rings. The molecule has 0 aromatic rings. The summed E-state index contributed by atoms with van der Waals surface area (Å²) in [6.07, 6.45) is 0.0248. The summed E-state index contributed by atoms with van der Waals surface area (Å²) in [6.45, 7) is 6.70. The van der Waals surface area contributed by atoms with Crippen molar-refractivity contribution < 1.29 is 5.11 Å². The molecular formula is C10H21N3O. The fraction of sp³-hybridized carbons (Fsp3) is 0.900. The van der Waals surface area contributed by atoms with Crippen LogP contribution in [0, 0.1) is 17.2 Å². The van der Waals surface area contributed by atoms with Crippen molar-refractivity contribution in [2.75, 3.05) is 26.2 Å². The van der Waals surface area contributed by atoms with Crippen molar-refractivity contribution in [3.8, 4) is 6.07 Å². The van der Waals surface area contributed by atoms with E-state index in [-0.39, 0.29) is 6.54 Å². The molecule has 0 aliphatic carbocycles. The Bertz CT molecular complexity index is 177. The van der Waals surface area contributed by atoms with Crippen LogP contribution in [0.15, 0.2) is 0 Å². The van der Waals surface area contributed by atoms with Gasteiger partial charge in [0.2, 0.25) is 0 Å². The number of hydrogen-bond acceptors (Lipinski definition) is 4. The van der Waals surface area contributed by atoms with Crippen molar-refractivity contribution in [1.82, 2.24) is 4.90 Å². The quantitative estimate of drug-likeness (QED) is 0.613. The highest BCUT2D eigenvalue weighted by molar-refractivity contribution is 4.74. The Morgan fingerprint density at radius 2 is 2.07 bits per heavy atom. The topological polar surface area (TPSA) is 73.3 Å². The average molecular weight is 199 g/mol. The summed E-state index contributed by atoms with van der Waals surface area (Å²) in [4.78, 5) is 2.09. The first kappa shape index (κ1) is 13.4. The van der Waals surface area contributed by atoms with Crippen LogP contribution in [-0.2, 0) is 0 Å². The summed E-state index contributed by atoms with van der Waals surface area (Å²) < 4.78 is 0. The molecule has 1 unspecified atom stereocenters. The lowest BCUT2D eigenvalue weighted by molar-refractivity contribution is 0.112. The third-order valence-electron chi connectivity index (χ3n) is 1.90. The third kappa shape index (κ3) is 6.84. The van der Waals surface area contributed by atoms with Crippen LogP contribution < -0.4 is 5.73 Å². The van der Waals surface area contributed by atoms with Crippen LogP contribution in [0.25, 0.3) is 0 Å². The van der Waals surface area contributed by atoms with Crippen LogP contribution in [0.1, 0.15) is 20.3 Å². The molecule has 0 spiro atoms. The summed E-state index contributed by atoms with van der Waals surface area (Å²) in [5, 5.41) is 17.9. The number of rotatable bonds is 7. The van der Waals surface area contributed by atoms with Gasteiger partial charge in [-0.2, -0.15) is 5.26 Å². The third-order valence-corrected chi connectivity index (χ3v) is 1.90. The van der Waals surface area contributed by atoms with E-state index < -0.39 is 6.10 Å². The van der Waals surface area contributed by atoms with Crippen LogP contribution in [-0.4, -0.2) is 42.3 Å². The largest absolute Gasteiger partial charge is 0.390 e. The van der Waals surface area contributed by atoms with Gasteiger partial charge in [-0.15, -0.1) is 0 Å². The molecule has 3 N–H and O–H groups in total. The zero-order valence-corrected chi connectivity index (χ0v) is 9.11. The number of aliphatic hydroxyl groups excluding tert-OH is 1. The molecule has 14 heavy (non-hydrogen) atoms. The van der Waals surface area contributed by atoms with E-state index in [9.17, 15) is 5.11 Å². The number of nitrogens with two attached hydrogens (primary N) is 1. The monoisotopic (exact) mass is 199 g/mol. The maximum absolute atomic E-state index is 9.39. The van der Waals surface area contributed by atoms with E-state index in [0.29, 0.717) is 25.4 Å². The lowest BCUT2D eigenvalue weighted by atomic mass is 10.2. The second kappa shape index (κ2) is 7.74. The van der Waals surface area contributed by atoms with Crippen LogP contribution in [0.4, 0.5) is 0 Å². The van der Waals surface area contributed by atoms with Crippen molar-refractivity contribution in [1.29, 1.82) is 5.26 Å². The van der Waals surface area contributed by atoms with Gasteiger partial charge in [0, 0.05) is 32.6 Å². The molecular weight excluding hydrogens is 178 g/mol. The number of hydrogen-bond donors (Lipinski definition) is 2. The van der Waals surface area contributed by atoms with Crippen molar-refractivity contribution >= 4 is 0 Å². The van der Waals surface area contributed by atoms with Gasteiger partial charge in [0.05, 0.1) is 12.2 Å². The summed E-state index contributed by atoms with van der Waals surface area (Å²) in [5.41, 5.74) is 5.34. The zero-order valence-electron chi connectivity index (χ0n) is 9.11. The van der Waals surface area contributed by atoms with E-state index in [1.54, 1.807) is 0 Å². The Labute approximate surface area is 86.3 Å². The van der Waals surface area contributed by atoms with Crippen LogP contribution in [0.5, 0.6) is 0 Å². The van der Waals surface area contributed by atoms with Crippen molar-refractivity contribution in [2.45, 2.75) is 26.4 Å². The highest BCUT2D eigenvalue weighted by Crippen LogP contribution is 2.01. The van der Waals surface area contributed by atoms with E-state index >= 15 is 0 Å². The minimum Gasteiger partial charge on any atom is -0.390 e. The van der Waals surface area contributed by atoms with Crippen LogP contribution >= 0.6 is 0 Å². The summed E-state index contributed by atoms with van der Waals surface area (Å²) in [7, 11) is 0. The predicted molar refractivity (Wildman–Crippen MR) is 56.6 cm³/mol. The van der Waals surface area contributed by atoms with E-state index in [4.69, 9.17) is 11.0 Å². The highest BCUT2D eigenvalue weighted by atomic mass is 16.3. The van der Waals surface area contributed by atoms with E-state index in [1.165, 1.54) is 0 Å². The Balaban J connectivity index is 3.91. The first-order valence-electron chi connectivity index (χ1n) is 5.07. The molecule has 4 nitrogen and oxygen atoms in total. The maximum Gasteiger partial charge on any atom is 0.0789 e. The Kier molecular flexibility index (Phi) is 7.40. The second-order valence-corrected chi connectivity index (χ2v) is 3.95. The number of aliphatic hydroxyl groups is 1. The predicted octanol–water partition coefficient (Wildman–Crippen LogP) is 0.178. The molecule has 4 heteroatoms. The normalized spacial score (nSPS) is 13.2. The second-order valence-electron chi connectivity index (χ2n) is 3.95. The Morgan fingerprint density at radius 1 is 1.43 bits per heavy atom. The standard InChI is InChI=1S/C10H21N3O/c1-9(2)7-13(5-3-4-11)8-10(14)6-12/h9-10,14H,3,5-8,12H2,1-2H3. The fourth-order valence-corrected chi connectivity index (χ4v) is 1.35. The number of nitrogens with zero attached hydrogens (tertiary/aromatic N) is 2. The zero-order chi connectivity index (χ0) is 11.0. The smallest absolute Gasteiger partial charge is 0.0789 e. The molecule has 0 aromatic carbocycles. The lowest BCUT2D eigenvalue weighted by Crippen LogP contribution is -2.38. The minimum absolute atomic E-state index is 0.279. The van der Waals surface area contributed by atoms with E-state index in [0.717, 1.165) is 6.54 Å². The molecule has 0 heterocycles. The Morgan fingerprint density at radius 3 is 2.50 bits per heavy atom. The molecule has 0 saturated heterocycles. The lowest BCUT2D eigenvalue weighted by Gasteiger charge is -2.25. The average Bonchev–Trinajstić information content (AvgIpc) is 2.13. The maximum atomic E-state index is 9.39. The van der Waals surface area contributed by atoms with Gasteiger partial charge < -0.3 is 10.8 Å². The highest BCUT2D eigenvalue weighted by Gasteiger charge is 2.11. The number of nitriles is 1. The minimum atomic E-state index is -0.479. The van der Waals surface area contributed by atoms with Crippen LogP contribution in [0.3, 0.4) is 0 Å². The molecule has 0 amide bonds. The SMILES string of the molecule is CC(C)CN(CCC#N)CC(O)CN. The van der Waals surface area contributed by atoms with Crippen molar-refractivity contribution in [3.05, 3.63) is 0 Å². The molecule has 0 rings (SSSR count). The van der Waals surface area contributed by atoms with Gasteiger partial charge in [0.25, 0.3) is 0 Å². The molecule has 0 aliphatic heterocycles. The van der Waals surface area contributed by atoms with Crippen LogP contribution in [0.2, 0.25) is 0 Å². The molecule has 1 atom stereocenters. The molecule has 0 bridgehead atoms. The van der Waals surface area contributed by atoms with Crippen molar-refractivity contribution in [2.24, 2.45) is 11.7 Å². The molecule has 82 valence electrons. The van der Waals surface area contributed by atoms with Gasteiger partial charge in [-0.1, -0.05) is 13.8 Å². The molecule has 0 saturated carbocycles. The molecule has 0 aliphatic rings. The molecule has 0 radical (unpaired) electrons. The summed E-state index contributed by atoms with van der Waals surface area (Å²) in [5.74, 6) is 0.540. The van der Waals surface area contributed by atoms with Gasteiger partial charge >= 0.3 is 0 Å². The van der Waals surface area contributed by atoms with E-state index in [1.807, 2.05) is 0 Å². The van der Waals surface area contributed by atoms with Gasteiger partial charge in [-0.25, -0.2) is 0 Å². The van der Waals surface area contributed by atoms with Crippen molar-refractivity contribution in [3.63, 3.8) is 0 Å². The van der Waals surface area contributed by atoms with Gasteiger partial charge in [0.1, 0.15) is 0 Å². The van der Waals surface area contributed by atoms with Gasteiger partial charge in [-0.3, -0.25) is 4.90 Å². The van der Waals surface area contributed by atoms with E-state index in [2.05, 4.69) is 24.8 Å².